The number of carbonyl (C=O) groups is 3. The Labute approximate surface area is 117 Å². The molecule has 1 aromatic carbocycles. The van der Waals surface area contributed by atoms with Crippen LogP contribution in [0.15, 0.2) is 18.2 Å². The number of nitrogens with one attached hydrogen (secondary N) is 1. The molecule has 1 heterocycles. The summed E-state index contributed by atoms with van der Waals surface area (Å²) in [6.45, 7) is 0.0346. The van der Waals surface area contributed by atoms with Crippen LogP contribution in [0.5, 0.6) is 0 Å². The lowest BCUT2D eigenvalue weighted by atomic mass is 10.2. The summed E-state index contributed by atoms with van der Waals surface area (Å²) in [7, 11) is 0. The molecule has 1 N–H and O–H groups in total. The van der Waals surface area contributed by atoms with Crippen LogP contribution in [0.3, 0.4) is 0 Å². The van der Waals surface area contributed by atoms with Crippen molar-refractivity contribution in [1.29, 1.82) is 0 Å². The van der Waals surface area contributed by atoms with Gasteiger partial charge in [0, 0.05) is 19.2 Å². The van der Waals surface area contributed by atoms with Gasteiger partial charge in [-0.25, -0.2) is 8.78 Å². The van der Waals surface area contributed by atoms with Gasteiger partial charge in [0.1, 0.15) is 11.6 Å². The predicted octanol–water partition coefficient (Wildman–Crippen LogP) is 1.39. The van der Waals surface area contributed by atoms with Gasteiger partial charge in [-0.15, -0.1) is 0 Å². The number of benzene rings is 1. The van der Waals surface area contributed by atoms with E-state index in [9.17, 15) is 23.2 Å². The Morgan fingerprint density at radius 2 is 2.10 bits per heavy atom. The molecule has 1 aliphatic heterocycles. The van der Waals surface area contributed by atoms with E-state index in [4.69, 9.17) is 0 Å². The fourth-order valence-electron chi connectivity index (χ4n) is 1.65. The molecule has 5 nitrogen and oxygen atoms in total. The van der Waals surface area contributed by atoms with E-state index in [0.717, 1.165) is 28.8 Å². The van der Waals surface area contributed by atoms with Gasteiger partial charge in [-0.2, -0.15) is 0 Å². The molecule has 0 unspecified atom stereocenters. The van der Waals surface area contributed by atoms with Crippen LogP contribution in [0.4, 0.5) is 13.6 Å². The first-order chi connectivity index (χ1) is 9.49. The SMILES string of the molecule is O=C(NCCN1C(=O)CSC1=O)c1ccc(F)cc1F. The van der Waals surface area contributed by atoms with E-state index in [1.165, 1.54) is 0 Å². The number of amides is 3. The molecule has 0 saturated carbocycles. The molecule has 3 amide bonds. The second kappa shape index (κ2) is 6.00. The molecule has 0 atom stereocenters. The second-order valence-electron chi connectivity index (χ2n) is 3.98. The summed E-state index contributed by atoms with van der Waals surface area (Å²) >= 11 is 0.896. The molecule has 1 aliphatic rings. The molecule has 1 saturated heterocycles. The van der Waals surface area contributed by atoms with Crippen molar-refractivity contribution < 1.29 is 23.2 Å². The fourth-order valence-corrected chi connectivity index (χ4v) is 2.40. The number of halogens is 2. The first-order valence-electron chi connectivity index (χ1n) is 5.69. The van der Waals surface area contributed by atoms with Gasteiger partial charge in [0.15, 0.2) is 0 Å². The van der Waals surface area contributed by atoms with Crippen molar-refractivity contribution in [3.8, 4) is 0 Å². The Balaban J connectivity index is 1.89. The van der Waals surface area contributed by atoms with Crippen molar-refractivity contribution in [3.63, 3.8) is 0 Å². The quantitative estimate of drug-likeness (QED) is 0.912. The first kappa shape index (κ1) is 14.4. The Morgan fingerprint density at radius 1 is 1.35 bits per heavy atom. The van der Waals surface area contributed by atoms with Crippen LogP contribution in [0.25, 0.3) is 0 Å². The van der Waals surface area contributed by atoms with Crippen molar-refractivity contribution in [1.82, 2.24) is 10.2 Å². The summed E-state index contributed by atoms with van der Waals surface area (Å²) in [5.74, 6) is -2.69. The summed E-state index contributed by atoms with van der Waals surface area (Å²) in [6, 6.07) is 2.61. The maximum atomic E-state index is 13.3. The van der Waals surface area contributed by atoms with Crippen LogP contribution < -0.4 is 5.32 Å². The molecule has 2 rings (SSSR count). The molecular weight excluding hydrogens is 290 g/mol. The van der Waals surface area contributed by atoms with Gasteiger partial charge in [-0.1, -0.05) is 11.8 Å². The molecule has 0 aliphatic carbocycles. The molecule has 20 heavy (non-hydrogen) atoms. The molecule has 0 aromatic heterocycles. The lowest BCUT2D eigenvalue weighted by Gasteiger charge is -2.13. The average molecular weight is 300 g/mol. The molecule has 8 heteroatoms. The van der Waals surface area contributed by atoms with Crippen LogP contribution in [0, 0.1) is 11.6 Å². The van der Waals surface area contributed by atoms with Crippen molar-refractivity contribution in [3.05, 3.63) is 35.4 Å². The molecular formula is C12H10F2N2O3S. The second-order valence-corrected chi connectivity index (χ2v) is 4.91. The lowest BCUT2D eigenvalue weighted by molar-refractivity contribution is -0.124. The Bertz CT molecular complexity index is 564. The third kappa shape index (κ3) is 3.13. The predicted molar refractivity (Wildman–Crippen MR) is 68.3 cm³/mol. The number of carbonyl (C=O) groups excluding carboxylic acids is 3. The minimum absolute atomic E-state index is 0.00763. The third-order valence-corrected chi connectivity index (χ3v) is 3.50. The maximum absolute atomic E-state index is 13.3. The van der Waals surface area contributed by atoms with E-state index in [2.05, 4.69) is 5.32 Å². The van der Waals surface area contributed by atoms with Gasteiger partial charge < -0.3 is 5.32 Å². The largest absolute Gasteiger partial charge is 0.350 e. The third-order valence-electron chi connectivity index (χ3n) is 2.64. The summed E-state index contributed by atoms with van der Waals surface area (Å²) < 4.78 is 26.0. The van der Waals surface area contributed by atoms with Crippen LogP contribution in [-0.4, -0.2) is 40.8 Å². The molecule has 0 bridgehead atoms. The van der Waals surface area contributed by atoms with Crippen molar-refractivity contribution in [2.45, 2.75) is 0 Å². The van der Waals surface area contributed by atoms with Crippen LogP contribution in [-0.2, 0) is 4.79 Å². The van der Waals surface area contributed by atoms with Crippen LogP contribution in [0.1, 0.15) is 10.4 Å². The summed E-state index contributed by atoms with van der Waals surface area (Å²) in [6.07, 6.45) is 0. The van der Waals surface area contributed by atoms with E-state index >= 15 is 0 Å². The van der Waals surface area contributed by atoms with E-state index < -0.39 is 17.5 Å². The molecule has 0 spiro atoms. The number of hydrogen-bond acceptors (Lipinski definition) is 4. The number of hydrogen-bond donors (Lipinski definition) is 1. The molecule has 106 valence electrons. The van der Waals surface area contributed by atoms with E-state index in [0.29, 0.717) is 6.07 Å². The topological polar surface area (TPSA) is 66.5 Å². The highest BCUT2D eigenvalue weighted by molar-refractivity contribution is 8.14. The minimum Gasteiger partial charge on any atom is -0.350 e. The number of thioether (sulfide) groups is 1. The summed E-state index contributed by atoms with van der Waals surface area (Å²) in [4.78, 5) is 35.2. The smallest absolute Gasteiger partial charge is 0.288 e. The minimum atomic E-state index is -0.966. The van der Waals surface area contributed by atoms with Crippen LogP contribution in [0.2, 0.25) is 0 Å². The lowest BCUT2D eigenvalue weighted by Crippen LogP contribution is -2.37. The van der Waals surface area contributed by atoms with Crippen molar-refractivity contribution >= 4 is 28.8 Å². The van der Waals surface area contributed by atoms with Gasteiger partial charge in [0.25, 0.3) is 11.1 Å². The molecule has 1 aromatic rings. The fraction of sp³-hybridized carbons (Fsp3) is 0.250. The maximum Gasteiger partial charge on any atom is 0.288 e. The molecule has 1 fully saturated rings. The highest BCUT2D eigenvalue weighted by atomic mass is 32.2. The first-order valence-corrected chi connectivity index (χ1v) is 6.68. The Kier molecular flexibility index (Phi) is 4.33. The summed E-state index contributed by atoms with van der Waals surface area (Å²) in [5.41, 5.74) is -0.292. The van der Waals surface area contributed by atoms with Crippen molar-refractivity contribution in [2.24, 2.45) is 0 Å². The standard InChI is InChI=1S/C12H10F2N2O3S/c13-7-1-2-8(9(14)5-7)11(18)15-3-4-16-10(17)6-20-12(16)19/h1-2,5H,3-4,6H2,(H,15,18). The zero-order valence-corrected chi connectivity index (χ0v) is 11.0. The average Bonchev–Trinajstić information content (AvgIpc) is 2.70. The monoisotopic (exact) mass is 300 g/mol. The zero-order valence-electron chi connectivity index (χ0n) is 10.2. The van der Waals surface area contributed by atoms with Crippen LogP contribution >= 0.6 is 11.8 Å². The highest BCUT2D eigenvalue weighted by Gasteiger charge is 2.29. The number of rotatable bonds is 4. The number of imide groups is 1. The normalized spacial score (nSPS) is 14.8. The molecule has 0 radical (unpaired) electrons. The van der Waals surface area contributed by atoms with E-state index in [1.807, 2.05) is 0 Å². The van der Waals surface area contributed by atoms with E-state index in [1.54, 1.807) is 0 Å². The van der Waals surface area contributed by atoms with Crippen molar-refractivity contribution in [2.75, 3.05) is 18.8 Å². The Morgan fingerprint density at radius 3 is 2.70 bits per heavy atom. The number of nitrogens with zero attached hydrogens (tertiary/aromatic N) is 1. The van der Waals surface area contributed by atoms with Gasteiger partial charge in [0.2, 0.25) is 5.91 Å². The Hall–Kier alpha value is -1.96. The van der Waals surface area contributed by atoms with Gasteiger partial charge >= 0.3 is 0 Å². The summed E-state index contributed by atoms with van der Waals surface area (Å²) in [5, 5.41) is 2.01. The van der Waals surface area contributed by atoms with E-state index in [-0.39, 0.29) is 35.6 Å². The zero-order chi connectivity index (χ0) is 14.7. The highest BCUT2D eigenvalue weighted by Crippen LogP contribution is 2.17. The van der Waals surface area contributed by atoms with Gasteiger partial charge in [-0.3, -0.25) is 19.3 Å². The van der Waals surface area contributed by atoms with Gasteiger partial charge in [-0.05, 0) is 12.1 Å². The van der Waals surface area contributed by atoms with Gasteiger partial charge in [0.05, 0.1) is 11.3 Å².